The Morgan fingerprint density at radius 2 is 2.20 bits per heavy atom. The van der Waals surface area contributed by atoms with Crippen LogP contribution in [-0.2, 0) is 9.47 Å². The van der Waals surface area contributed by atoms with Crippen molar-refractivity contribution in [2.75, 3.05) is 13.2 Å². The first-order valence-electron chi connectivity index (χ1n) is 3.25. The van der Waals surface area contributed by atoms with Gasteiger partial charge in [-0.2, -0.15) is 0 Å². The molecule has 1 aliphatic rings. The van der Waals surface area contributed by atoms with E-state index in [2.05, 4.69) is 5.18 Å². The summed E-state index contributed by atoms with van der Waals surface area (Å²) in [6, 6.07) is 0. The molecule has 0 N–H and O–H groups in total. The van der Waals surface area contributed by atoms with Crippen LogP contribution >= 0.6 is 0 Å². The molecule has 1 rings (SSSR count). The standard InChI is InChI=1S/C6H11NO3/c1-6(2)5(7-8)9-3-4-10-6/h5H,3-4H2,1-2H3. The predicted octanol–water partition coefficient (Wildman–Crippen LogP) is 0.904. The highest BCUT2D eigenvalue weighted by Crippen LogP contribution is 2.22. The molecule has 1 heterocycles. The van der Waals surface area contributed by atoms with E-state index in [4.69, 9.17) is 9.47 Å². The van der Waals surface area contributed by atoms with Crippen LogP contribution in [0.4, 0.5) is 0 Å². The summed E-state index contributed by atoms with van der Waals surface area (Å²) in [7, 11) is 0. The van der Waals surface area contributed by atoms with Gasteiger partial charge in [0, 0.05) is 0 Å². The molecule has 1 aliphatic heterocycles. The first-order chi connectivity index (χ1) is 4.67. The zero-order chi connectivity index (χ0) is 7.61. The van der Waals surface area contributed by atoms with Crippen LogP contribution in [0.15, 0.2) is 5.18 Å². The highest BCUT2D eigenvalue weighted by Gasteiger charge is 2.35. The highest BCUT2D eigenvalue weighted by molar-refractivity contribution is 4.80. The lowest BCUT2D eigenvalue weighted by atomic mass is 10.1. The predicted molar refractivity (Wildman–Crippen MR) is 35.6 cm³/mol. The van der Waals surface area contributed by atoms with E-state index in [9.17, 15) is 4.91 Å². The van der Waals surface area contributed by atoms with E-state index in [1.807, 2.05) is 0 Å². The van der Waals surface area contributed by atoms with Crippen LogP contribution in [-0.4, -0.2) is 25.0 Å². The molecule has 0 saturated carbocycles. The fourth-order valence-electron chi connectivity index (χ4n) is 0.894. The minimum absolute atomic E-state index is 0.458. The number of hydrogen-bond donors (Lipinski definition) is 0. The third kappa shape index (κ3) is 1.33. The van der Waals surface area contributed by atoms with E-state index in [1.165, 1.54) is 0 Å². The molecule has 0 radical (unpaired) electrons. The van der Waals surface area contributed by atoms with Gasteiger partial charge >= 0.3 is 0 Å². The van der Waals surface area contributed by atoms with Crippen LogP contribution in [0.25, 0.3) is 0 Å². The zero-order valence-electron chi connectivity index (χ0n) is 6.16. The summed E-state index contributed by atoms with van der Waals surface area (Å²) >= 11 is 0. The van der Waals surface area contributed by atoms with Crippen LogP contribution in [0, 0.1) is 4.91 Å². The van der Waals surface area contributed by atoms with Gasteiger partial charge < -0.3 is 9.47 Å². The monoisotopic (exact) mass is 145 g/mol. The summed E-state index contributed by atoms with van der Waals surface area (Å²) < 4.78 is 10.3. The maximum atomic E-state index is 10.1. The summed E-state index contributed by atoms with van der Waals surface area (Å²) in [4.78, 5) is 10.1. The Bertz CT molecular complexity index is 135. The second-order valence-corrected chi connectivity index (χ2v) is 2.78. The Hall–Kier alpha value is -0.480. The fraction of sp³-hybridized carbons (Fsp3) is 1.00. The Labute approximate surface area is 59.5 Å². The summed E-state index contributed by atoms with van der Waals surface area (Å²) in [5.74, 6) is 0. The van der Waals surface area contributed by atoms with Gasteiger partial charge in [-0.05, 0) is 19.0 Å². The quantitative estimate of drug-likeness (QED) is 0.515. The second kappa shape index (κ2) is 2.64. The van der Waals surface area contributed by atoms with Gasteiger partial charge in [-0.1, -0.05) is 0 Å². The Morgan fingerprint density at radius 1 is 1.50 bits per heavy atom. The van der Waals surface area contributed by atoms with Gasteiger partial charge in [-0.25, -0.2) is 0 Å². The zero-order valence-corrected chi connectivity index (χ0v) is 6.16. The molecular weight excluding hydrogens is 134 g/mol. The Kier molecular flexibility index (Phi) is 2.01. The lowest BCUT2D eigenvalue weighted by Gasteiger charge is -2.33. The first kappa shape index (κ1) is 7.63. The van der Waals surface area contributed by atoms with Gasteiger partial charge in [0.1, 0.15) is 5.60 Å². The lowest BCUT2D eigenvalue weighted by Crippen LogP contribution is -2.45. The molecule has 0 aromatic carbocycles. The van der Waals surface area contributed by atoms with Crippen molar-refractivity contribution < 1.29 is 9.47 Å². The fourth-order valence-corrected chi connectivity index (χ4v) is 0.894. The molecule has 1 saturated heterocycles. The number of hydrogen-bond acceptors (Lipinski definition) is 4. The molecule has 0 aromatic heterocycles. The lowest BCUT2D eigenvalue weighted by molar-refractivity contribution is -0.183. The second-order valence-electron chi connectivity index (χ2n) is 2.78. The summed E-state index contributed by atoms with van der Waals surface area (Å²) in [6.45, 7) is 4.58. The molecule has 1 atom stereocenters. The molecule has 10 heavy (non-hydrogen) atoms. The van der Waals surface area contributed by atoms with Gasteiger partial charge in [0.25, 0.3) is 0 Å². The average molecular weight is 145 g/mol. The SMILES string of the molecule is CC1(C)OCCOC1N=O. The average Bonchev–Trinajstić information content (AvgIpc) is 1.87. The van der Waals surface area contributed by atoms with Crippen LogP contribution in [0.1, 0.15) is 13.8 Å². The van der Waals surface area contributed by atoms with Crippen LogP contribution < -0.4 is 0 Å². The van der Waals surface area contributed by atoms with E-state index in [0.29, 0.717) is 13.2 Å². The first-order valence-corrected chi connectivity index (χ1v) is 3.25. The van der Waals surface area contributed by atoms with Crippen molar-refractivity contribution in [3.63, 3.8) is 0 Å². The summed E-state index contributed by atoms with van der Waals surface area (Å²) in [5, 5.41) is 2.80. The molecule has 58 valence electrons. The molecule has 0 spiro atoms. The van der Waals surface area contributed by atoms with E-state index < -0.39 is 11.8 Å². The molecule has 4 nitrogen and oxygen atoms in total. The Morgan fingerprint density at radius 3 is 2.60 bits per heavy atom. The van der Waals surface area contributed by atoms with Crippen molar-refractivity contribution in [1.82, 2.24) is 0 Å². The molecule has 1 unspecified atom stereocenters. The number of nitrogens with zero attached hydrogens (tertiary/aromatic N) is 1. The number of nitroso groups, excluding NO2 is 1. The van der Waals surface area contributed by atoms with Gasteiger partial charge in [0.15, 0.2) is 0 Å². The molecule has 1 fully saturated rings. The molecule has 0 amide bonds. The number of rotatable bonds is 1. The topological polar surface area (TPSA) is 47.9 Å². The van der Waals surface area contributed by atoms with Crippen molar-refractivity contribution in [2.45, 2.75) is 25.7 Å². The van der Waals surface area contributed by atoms with E-state index in [-0.39, 0.29) is 0 Å². The minimum atomic E-state index is -0.652. The third-order valence-corrected chi connectivity index (χ3v) is 1.52. The normalized spacial score (nSPS) is 31.6. The molecule has 0 bridgehead atoms. The van der Waals surface area contributed by atoms with Crippen LogP contribution in [0.5, 0.6) is 0 Å². The van der Waals surface area contributed by atoms with Gasteiger partial charge in [0.05, 0.1) is 13.2 Å². The van der Waals surface area contributed by atoms with Gasteiger partial charge in [-0.15, -0.1) is 4.91 Å². The molecule has 4 heteroatoms. The van der Waals surface area contributed by atoms with Gasteiger partial charge in [-0.3, -0.25) is 0 Å². The summed E-state index contributed by atoms with van der Waals surface area (Å²) in [5.41, 5.74) is -0.556. The maximum absolute atomic E-state index is 10.1. The minimum Gasteiger partial charge on any atom is -0.368 e. The number of ether oxygens (including phenoxy) is 2. The van der Waals surface area contributed by atoms with E-state index in [0.717, 1.165) is 0 Å². The molecule has 0 aliphatic carbocycles. The van der Waals surface area contributed by atoms with Crippen molar-refractivity contribution in [3.8, 4) is 0 Å². The highest BCUT2D eigenvalue weighted by atomic mass is 16.6. The Balaban J connectivity index is 2.59. The van der Waals surface area contributed by atoms with E-state index >= 15 is 0 Å². The van der Waals surface area contributed by atoms with Crippen LogP contribution in [0.3, 0.4) is 0 Å². The maximum Gasteiger partial charge on any atom is 0.218 e. The van der Waals surface area contributed by atoms with Crippen molar-refractivity contribution >= 4 is 0 Å². The van der Waals surface area contributed by atoms with Crippen molar-refractivity contribution in [2.24, 2.45) is 5.18 Å². The van der Waals surface area contributed by atoms with Gasteiger partial charge in [0.2, 0.25) is 6.23 Å². The van der Waals surface area contributed by atoms with Crippen molar-refractivity contribution in [1.29, 1.82) is 0 Å². The van der Waals surface area contributed by atoms with E-state index in [1.54, 1.807) is 13.8 Å². The molecular formula is C6H11NO3. The smallest absolute Gasteiger partial charge is 0.218 e. The largest absolute Gasteiger partial charge is 0.368 e. The van der Waals surface area contributed by atoms with Crippen LogP contribution in [0.2, 0.25) is 0 Å². The van der Waals surface area contributed by atoms with Crippen molar-refractivity contribution in [3.05, 3.63) is 4.91 Å². The molecule has 0 aromatic rings. The summed E-state index contributed by atoms with van der Waals surface area (Å²) in [6.07, 6.45) is -0.652. The third-order valence-electron chi connectivity index (χ3n) is 1.52.